The van der Waals surface area contributed by atoms with Crippen molar-refractivity contribution in [1.82, 2.24) is 0 Å². The topological polar surface area (TPSA) is 77.0 Å². The number of methoxy groups -OCH3 is 1. The number of aliphatic carboxylic acids is 1. The molecule has 0 fully saturated rings. The van der Waals surface area contributed by atoms with Crippen LogP contribution in [0.15, 0.2) is 0 Å². The summed E-state index contributed by atoms with van der Waals surface area (Å²) >= 11 is 0. The molecule has 0 aliphatic rings. The highest BCUT2D eigenvalue weighted by Crippen LogP contribution is 2.58. The molecule has 0 aliphatic heterocycles. The number of carbonyl (C=O) groups is 1. The van der Waals surface area contributed by atoms with Gasteiger partial charge in [0.1, 0.15) is 0 Å². The summed E-state index contributed by atoms with van der Waals surface area (Å²) in [6.45, 7) is 13.1. The largest absolute Gasteiger partial charge is 0.550 e. The van der Waals surface area contributed by atoms with Crippen LogP contribution in [0.4, 0.5) is 0 Å². The van der Waals surface area contributed by atoms with Gasteiger partial charge in [0, 0.05) is 33.4 Å². The lowest BCUT2D eigenvalue weighted by molar-refractivity contribution is -0.306. The molecule has 6 nitrogen and oxygen atoms in total. The van der Waals surface area contributed by atoms with Gasteiger partial charge in [-0.3, -0.25) is 0 Å². The first-order valence-electron chi connectivity index (χ1n) is 9.78. The first-order valence-corrected chi connectivity index (χ1v) is 12.3. The molecule has 0 aromatic rings. The van der Waals surface area contributed by atoms with Gasteiger partial charge in [-0.05, 0) is 27.2 Å². The molecule has 158 valence electrons. The Kier molecular flexibility index (Phi) is 22.6. The first-order chi connectivity index (χ1) is 12.5. The minimum absolute atomic E-state index is 0.0714. The summed E-state index contributed by atoms with van der Waals surface area (Å²) < 4.78 is 20.2. The molecule has 0 unspecified atom stereocenters. The van der Waals surface area contributed by atoms with Crippen molar-refractivity contribution in [3.63, 3.8) is 0 Å². The standard InChI is InChI=1S/C11H26OP.C8H16O5/c1-5-10-13(7-3,8-4)11-9-12-6-2;1-11-4-5-13-7-6-12-3-2-8(9)10/h5-11H2,1-4H3;2-7H2,1H3,(H,9,10)/q+1;/p-1. The Morgan fingerprint density at radius 1 is 0.808 bits per heavy atom. The van der Waals surface area contributed by atoms with Crippen LogP contribution in [0.1, 0.15) is 40.5 Å². The highest BCUT2D eigenvalue weighted by Gasteiger charge is 2.31. The van der Waals surface area contributed by atoms with Crippen molar-refractivity contribution < 1.29 is 28.8 Å². The highest BCUT2D eigenvalue weighted by molar-refractivity contribution is 7.75. The predicted molar refractivity (Wildman–Crippen MR) is 108 cm³/mol. The maximum Gasteiger partial charge on any atom is 0.0827 e. The number of hydrogen-bond donors (Lipinski definition) is 0. The van der Waals surface area contributed by atoms with E-state index in [2.05, 4.69) is 27.7 Å². The number of rotatable bonds is 17. The lowest BCUT2D eigenvalue weighted by atomic mass is 10.5. The van der Waals surface area contributed by atoms with Crippen molar-refractivity contribution in [1.29, 1.82) is 0 Å². The zero-order valence-corrected chi connectivity index (χ0v) is 18.5. The summed E-state index contributed by atoms with van der Waals surface area (Å²) in [6.07, 6.45) is 6.91. The van der Waals surface area contributed by atoms with Crippen LogP contribution in [0.3, 0.4) is 0 Å². The SMILES string of the molecule is CCC[P+](CC)(CC)CCOCC.COCCOCCOCCC(=O)[O-]. The van der Waals surface area contributed by atoms with E-state index in [1.54, 1.807) is 7.11 Å². The normalized spacial score (nSPS) is 11.1. The Morgan fingerprint density at radius 2 is 1.38 bits per heavy atom. The molecule has 0 spiro atoms. The average molecular weight is 397 g/mol. The zero-order valence-electron chi connectivity index (χ0n) is 17.6. The molecule has 0 radical (unpaired) electrons. The fraction of sp³-hybridized carbons (Fsp3) is 0.947. The highest BCUT2D eigenvalue weighted by atomic mass is 31.2. The molecular formula is C19H41O6P. The monoisotopic (exact) mass is 396 g/mol. The van der Waals surface area contributed by atoms with Crippen LogP contribution < -0.4 is 5.11 Å². The smallest absolute Gasteiger partial charge is 0.0827 e. The summed E-state index contributed by atoms with van der Waals surface area (Å²) in [7, 11) is 0.984. The Bertz CT molecular complexity index is 298. The Morgan fingerprint density at radius 3 is 1.85 bits per heavy atom. The molecule has 0 saturated heterocycles. The molecule has 26 heavy (non-hydrogen) atoms. The van der Waals surface area contributed by atoms with Gasteiger partial charge in [-0.15, -0.1) is 0 Å². The molecule has 7 heteroatoms. The summed E-state index contributed by atoms with van der Waals surface area (Å²) in [4.78, 5) is 9.93. The molecule has 0 rings (SSSR count). The molecule has 0 atom stereocenters. The number of carboxylic acids is 1. The van der Waals surface area contributed by atoms with Crippen molar-refractivity contribution in [3.8, 4) is 0 Å². The Labute approximate surface area is 161 Å². The van der Waals surface area contributed by atoms with E-state index in [1.165, 1.54) is 31.1 Å². The second-order valence-electron chi connectivity index (χ2n) is 5.96. The molecule has 0 bridgehead atoms. The summed E-state index contributed by atoms with van der Waals surface area (Å²) in [5.74, 6) is -1.10. The van der Waals surface area contributed by atoms with E-state index in [9.17, 15) is 9.90 Å². The van der Waals surface area contributed by atoms with Gasteiger partial charge in [0.05, 0.1) is 64.3 Å². The lowest BCUT2D eigenvalue weighted by Crippen LogP contribution is -2.23. The van der Waals surface area contributed by atoms with Gasteiger partial charge in [0.15, 0.2) is 0 Å². The number of carbonyl (C=O) groups excluding carboxylic acids is 1. The maximum atomic E-state index is 9.93. The van der Waals surface area contributed by atoms with Crippen LogP contribution in [0.2, 0.25) is 0 Å². The number of hydrogen-bond acceptors (Lipinski definition) is 6. The van der Waals surface area contributed by atoms with E-state index in [0.717, 1.165) is 13.2 Å². The van der Waals surface area contributed by atoms with Gasteiger partial charge in [-0.1, -0.05) is 6.92 Å². The third kappa shape index (κ3) is 18.5. The van der Waals surface area contributed by atoms with Crippen LogP contribution in [0, 0.1) is 0 Å². The van der Waals surface area contributed by atoms with Gasteiger partial charge in [0.25, 0.3) is 0 Å². The van der Waals surface area contributed by atoms with E-state index in [-0.39, 0.29) is 13.0 Å². The van der Waals surface area contributed by atoms with Crippen LogP contribution in [-0.2, 0) is 23.7 Å². The third-order valence-corrected chi connectivity index (χ3v) is 9.42. The van der Waals surface area contributed by atoms with Gasteiger partial charge >= 0.3 is 0 Å². The summed E-state index contributed by atoms with van der Waals surface area (Å²) in [6, 6.07) is 0. The Hall–Kier alpha value is -0.260. The van der Waals surface area contributed by atoms with Crippen molar-refractivity contribution in [2.24, 2.45) is 0 Å². The lowest BCUT2D eigenvalue weighted by Gasteiger charge is -2.24. The molecule has 0 aliphatic carbocycles. The quantitative estimate of drug-likeness (QED) is 0.277. The third-order valence-electron chi connectivity index (χ3n) is 4.21. The van der Waals surface area contributed by atoms with E-state index in [1.807, 2.05) is 0 Å². The van der Waals surface area contributed by atoms with Crippen LogP contribution in [-0.4, -0.2) is 84.0 Å². The molecule has 0 N–H and O–H groups in total. The maximum absolute atomic E-state index is 9.93. The molecular weight excluding hydrogens is 355 g/mol. The second kappa shape index (κ2) is 21.0. The van der Waals surface area contributed by atoms with Gasteiger partial charge in [-0.2, -0.15) is 0 Å². The van der Waals surface area contributed by atoms with Gasteiger partial charge < -0.3 is 28.8 Å². The molecule has 0 saturated carbocycles. The van der Waals surface area contributed by atoms with Crippen molar-refractivity contribution in [2.45, 2.75) is 40.5 Å². The van der Waals surface area contributed by atoms with E-state index in [0.29, 0.717) is 26.4 Å². The van der Waals surface area contributed by atoms with E-state index >= 15 is 0 Å². The van der Waals surface area contributed by atoms with E-state index in [4.69, 9.17) is 18.9 Å². The zero-order chi connectivity index (χ0) is 20.1. The second-order valence-corrected chi connectivity index (χ2v) is 10.8. The van der Waals surface area contributed by atoms with Crippen LogP contribution >= 0.6 is 7.26 Å². The molecule has 0 heterocycles. The fourth-order valence-corrected chi connectivity index (χ4v) is 5.87. The molecule has 0 aromatic carbocycles. The fourth-order valence-electron chi connectivity index (χ4n) is 2.46. The Balaban J connectivity index is 0. The van der Waals surface area contributed by atoms with Crippen molar-refractivity contribution in [3.05, 3.63) is 0 Å². The molecule has 0 amide bonds. The van der Waals surface area contributed by atoms with Crippen LogP contribution in [0.5, 0.6) is 0 Å². The first kappa shape index (κ1) is 28.0. The van der Waals surface area contributed by atoms with Gasteiger partial charge in [-0.25, -0.2) is 0 Å². The van der Waals surface area contributed by atoms with Crippen LogP contribution in [0.25, 0.3) is 0 Å². The minimum atomic E-state index is -1.10. The van der Waals surface area contributed by atoms with Crippen molar-refractivity contribution >= 4 is 13.2 Å². The summed E-state index contributed by atoms with van der Waals surface area (Å²) in [5.41, 5.74) is 0. The number of carboxylic acid groups (broad SMARTS) is 1. The van der Waals surface area contributed by atoms with E-state index < -0.39 is 13.2 Å². The number of ether oxygens (including phenoxy) is 4. The van der Waals surface area contributed by atoms with Crippen molar-refractivity contribution in [2.75, 3.05) is 78.0 Å². The van der Waals surface area contributed by atoms with Gasteiger partial charge in [0.2, 0.25) is 0 Å². The summed E-state index contributed by atoms with van der Waals surface area (Å²) in [5, 5.41) is 9.93. The molecule has 0 aromatic heterocycles. The predicted octanol–water partition coefficient (Wildman–Crippen LogP) is 2.30. The average Bonchev–Trinajstić information content (AvgIpc) is 2.63. The minimum Gasteiger partial charge on any atom is -0.550 e.